The number of hydrogen-bond donors (Lipinski definition) is 1. The molecular formula is C15H19NO3. The van der Waals surface area contributed by atoms with E-state index in [4.69, 9.17) is 14.2 Å². The first-order valence-electron chi connectivity index (χ1n) is 6.81. The number of allylic oxidation sites excluding steroid dienone is 1. The van der Waals surface area contributed by atoms with E-state index in [2.05, 4.69) is 11.4 Å². The third kappa shape index (κ3) is 3.20. The van der Waals surface area contributed by atoms with Crippen molar-refractivity contribution < 1.29 is 14.2 Å². The second-order valence-corrected chi connectivity index (χ2v) is 4.86. The molecule has 0 aliphatic carbocycles. The number of benzene rings is 1. The Balaban J connectivity index is 1.43. The van der Waals surface area contributed by atoms with Crippen molar-refractivity contribution in [3.8, 4) is 11.5 Å². The number of rotatable bonds is 4. The molecule has 0 saturated heterocycles. The first-order chi connectivity index (χ1) is 9.42. The molecule has 3 rings (SSSR count). The van der Waals surface area contributed by atoms with E-state index in [1.165, 1.54) is 0 Å². The minimum Gasteiger partial charge on any atom is -0.497 e. The molecule has 0 spiro atoms. The van der Waals surface area contributed by atoms with Crippen LogP contribution in [0.15, 0.2) is 36.6 Å². The van der Waals surface area contributed by atoms with Crippen LogP contribution in [0, 0.1) is 0 Å². The van der Waals surface area contributed by atoms with E-state index in [0.717, 1.165) is 37.4 Å². The Labute approximate surface area is 113 Å². The van der Waals surface area contributed by atoms with Gasteiger partial charge in [0.1, 0.15) is 18.8 Å². The summed E-state index contributed by atoms with van der Waals surface area (Å²) in [5.74, 6) is 1.66. The summed E-state index contributed by atoms with van der Waals surface area (Å²) in [4.78, 5) is 0. The third-order valence-electron chi connectivity index (χ3n) is 3.33. The van der Waals surface area contributed by atoms with Gasteiger partial charge in [-0.2, -0.15) is 0 Å². The van der Waals surface area contributed by atoms with Gasteiger partial charge in [-0.1, -0.05) is 12.1 Å². The lowest BCUT2D eigenvalue weighted by Gasteiger charge is -2.27. The van der Waals surface area contributed by atoms with Gasteiger partial charge in [0.2, 0.25) is 0 Å². The fourth-order valence-corrected chi connectivity index (χ4v) is 2.30. The fraction of sp³-hybridized carbons (Fsp3) is 0.467. The minimum absolute atomic E-state index is 0.0639. The van der Waals surface area contributed by atoms with Gasteiger partial charge >= 0.3 is 0 Å². The Morgan fingerprint density at radius 1 is 1.11 bits per heavy atom. The molecule has 2 heterocycles. The summed E-state index contributed by atoms with van der Waals surface area (Å²) in [5, 5.41) is 3.39. The lowest BCUT2D eigenvalue weighted by atomic mass is 10.1. The van der Waals surface area contributed by atoms with Gasteiger partial charge in [0, 0.05) is 13.1 Å². The third-order valence-corrected chi connectivity index (χ3v) is 3.33. The largest absolute Gasteiger partial charge is 0.497 e. The second-order valence-electron chi connectivity index (χ2n) is 4.86. The fourth-order valence-electron chi connectivity index (χ4n) is 2.30. The molecule has 0 bridgehead atoms. The van der Waals surface area contributed by atoms with Gasteiger partial charge in [-0.15, -0.1) is 0 Å². The first-order valence-corrected chi connectivity index (χ1v) is 6.81. The predicted molar refractivity (Wildman–Crippen MR) is 72.5 cm³/mol. The van der Waals surface area contributed by atoms with E-state index in [-0.39, 0.29) is 12.2 Å². The molecule has 0 amide bonds. The molecule has 0 saturated carbocycles. The molecule has 2 unspecified atom stereocenters. The molecule has 2 atom stereocenters. The average Bonchev–Trinajstić information content (AvgIpc) is 2.48. The zero-order chi connectivity index (χ0) is 12.9. The molecule has 19 heavy (non-hydrogen) atoms. The van der Waals surface area contributed by atoms with Crippen molar-refractivity contribution in [2.75, 3.05) is 19.7 Å². The Bertz CT molecular complexity index is 447. The molecule has 1 aromatic rings. The standard InChI is InChI=1S/C15H19NO3/c1-2-7-15-14(6-1)18-11-13(19-15)10-16-9-12-5-3-4-8-17-12/h1-2,4,6-8,12-13,16H,3,5,9-11H2. The van der Waals surface area contributed by atoms with Crippen molar-refractivity contribution in [1.82, 2.24) is 5.32 Å². The maximum Gasteiger partial charge on any atom is 0.161 e. The highest BCUT2D eigenvalue weighted by atomic mass is 16.6. The van der Waals surface area contributed by atoms with Gasteiger partial charge in [-0.05, 0) is 31.1 Å². The monoisotopic (exact) mass is 261 g/mol. The van der Waals surface area contributed by atoms with Crippen molar-refractivity contribution >= 4 is 0 Å². The molecule has 4 heteroatoms. The van der Waals surface area contributed by atoms with Crippen LogP contribution in [-0.4, -0.2) is 31.9 Å². The zero-order valence-electron chi connectivity index (χ0n) is 10.9. The highest BCUT2D eigenvalue weighted by Crippen LogP contribution is 2.30. The van der Waals surface area contributed by atoms with E-state index in [1.807, 2.05) is 24.3 Å². The van der Waals surface area contributed by atoms with Crippen LogP contribution in [0.3, 0.4) is 0 Å². The van der Waals surface area contributed by atoms with E-state index < -0.39 is 0 Å². The predicted octanol–water partition coefficient (Wildman–Crippen LogP) is 2.11. The normalized spacial score (nSPS) is 24.8. The van der Waals surface area contributed by atoms with E-state index in [0.29, 0.717) is 6.61 Å². The summed E-state index contributed by atoms with van der Waals surface area (Å²) in [5.41, 5.74) is 0. The van der Waals surface area contributed by atoms with Crippen molar-refractivity contribution in [2.45, 2.75) is 25.0 Å². The number of nitrogens with one attached hydrogen (secondary N) is 1. The molecule has 102 valence electrons. The molecule has 2 aliphatic rings. The number of para-hydroxylation sites is 2. The second kappa shape index (κ2) is 5.97. The van der Waals surface area contributed by atoms with Crippen molar-refractivity contribution in [3.63, 3.8) is 0 Å². The van der Waals surface area contributed by atoms with Crippen LogP contribution in [0.5, 0.6) is 11.5 Å². The van der Waals surface area contributed by atoms with Crippen molar-refractivity contribution in [1.29, 1.82) is 0 Å². The molecular weight excluding hydrogens is 242 g/mol. The molecule has 0 fully saturated rings. The van der Waals surface area contributed by atoms with Crippen molar-refractivity contribution in [2.24, 2.45) is 0 Å². The number of hydrogen-bond acceptors (Lipinski definition) is 4. The maximum atomic E-state index is 5.88. The summed E-state index contributed by atoms with van der Waals surface area (Å²) in [6.45, 7) is 2.22. The SMILES string of the molecule is C1=COC(CNCC2COc3ccccc3O2)CC1. The summed E-state index contributed by atoms with van der Waals surface area (Å²) < 4.78 is 17.1. The van der Waals surface area contributed by atoms with Crippen molar-refractivity contribution in [3.05, 3.63) is 36.6 Å². The quantitative estimate of drug-likeness (QED) is 0.901. The van der Waals surface area contributed by atoms with Gasteiger partial charge in [-0.3, -0.25) is 0 Å². The summed E-state index contributed by atoms with van der Waals surface area (Å²) in [7, 11) is 0. The van der Waals surface area contributed by atoms with Crippen LogP contribution >= 0.6 is 0 Å². The molecule has 0 radical (unpaired) electrons. The summed E-state index contributed by atoms with van der Waals surface area (Å²) in [6.07, 6.45) is 6.38. The van der Waals surface area contributed by atoms with E-state index in [9.17, 15) is 0 Å². The highest BCUT2D eigenvalue weighted by molar-refractivity contribution is 5.40. The lowest BCUT2D eigenvalue weighted by molar-refractivity contribution is 0.0811. The highest BCUT2D eigenvalue weighted by Gasteiger charge is 2.20. The van der Waals surface area contributed by atoms with E-state index in [1.54, 1.807) is 6.26 Å². The maximum absolute atomic E-state index is 5.88. The Morgan fingerprint density at radius 2 is 1.95 bits per heavy atom. The van der Waals surface area contributed by atoms with Gasteiger partial charge in [0.15, 0.2) is 11.5 Å². The van der Waals surface area contributed by atoms with Gasteiger partial charge in [0.05, 0.1) is 6.26 Å². The van der Waals surface area contributed by atoms with Crippen LogP contribution in [0.2, 0.25) is 0 Å². The first kappa shape index (κ1) is 12.4. The van der Waals surface area contributed by atoms with Gasteiger partial charge in [0.25, 0.3) is 0 Å². The molecule has 4 nitrogen and oxygen atoms in total. The van der Waals surface area contributed by atoms with Gasteiger partial charge in [-0.25, -0.2) is 0 Å². The average molecular weight is 261 g/mol. The van der Waals surface area contributed by atoms with Gasteiger partial charge < -0.3 is 19.5 Å². The van der Waals surface area contributed by atoms with Crippen LogP contribution in [0.25, 0.3) is 0 Å². The Kier molecular flexibility index (Phi) is 3.89. The smallest absolute Gasteiger partial charge is 0.161 e. The molecule has 1 N–H and O–H groups in total. The molecule has 0 aromatic heterocycles. The summed E-state index contributed by atoms with van der Waals surface area (Å²) >= 11 is 0. The molecule has 2 aliphatic heterocycles. The van der Waals surface area contributed by atoms with Crippen LogP contribution in [-0.2, 0) is 4.74 Å². The van der Waals surface area contributed by atoms with Crippen LogP contribution in [0.1, 0.15) is 12.8 Å². The van der Waals surface area contributed by atoms with Crippen LogP contribution in [0.4, 0.5) is 0 Å². The summed E-state index contributed by atoms with van der Waals surface area (Å²) in [6, 6.07) is 7.78. The molecule has 1 aromatic carbocycles. The van der Waals surface area contributed by atoms with Crippen LogP contribution < -0.4 is 14.8 Å². The number of ether oxygens (including phenoxy) is 3. The minimum atomic E-state index is 0.0639. The topological polar surface area (TPSA) is 39.7 Å². The number of fused-ring (bicyclic) bond motifs is 1. The lowest BCUT2D eigenvalue weighted by Crippen LogP contribution is -2.41. The van der Waals surface area contributed by atoms with E-state index >= 15 is 0 Å². The Morgan fingerprint density at radius 3 is 2.79 bits per heavy atom. The zero-order valence-corrected chi connectivity index (χ0v) is 10.9. The Hall–Kier alpha value is -1.68.